The van der Waals surface area contributed by atoms with E-state index in [0.717, 1.165) is 11.3 Å². The third-order valence-corrected chi connectivity index (χ3v) is 2.13. The van der Waals surface area contributed by atoms with E-state index in [0.29, 0.717) is 6.42 Å². The molecule has 86 valence electrons. The first-order chi connectivity index (χ1) is 7.58. The number of carbonyl (C=O) groups excluding carboxylic acids is 1. The van der Waals surface area contributed by atoms with E-state index >= 15 is 0 Å². The number of nitrogens with one attached hydrogen (secondary N) is 1. The smallest absolute Gasteiger partial charge is 0.303 e. The molecule has 0 aliphatic heterocycles. The minimum Gasteiger partial charge on any atom is -0.481 e. The van der Waals surface area contributed by atoms with Crippen LogP contribution in [0.2, 0.25) is 0 Å². The summed E-state index contributed by atoms with van der Waals surface area (Å²) in [6.07, 6.45) is 0.633. The molecule has 4 heteroatoms. The highest BCUT2D eigenvalue weighted by Crippen LogP contribution is 2.09. The lowest BCUT2D eigenvalue weighted by Gasteiger charge is -2.04. The molecular weight excluding hydrogens is 206 g/mol. The fourth-order valence-electron chi connectivity index (χ4n) is 1.26. The van der Waals surface area contributed by atoms with Gasteiger partial charge in [0.2, 0.25) is 5.91 Å². The SMILES string of the molecule is Cc1ccc(NC(=O)CCCC(=O)O)cc1. The van der Waals surface area contributed by atoms with Crippen molar-refractivity contribution in [1.29, 1.82) is 0 Å². The van der Waals surface area contributed by atoms with Crippen LogP contribution in [0.1, 0.15) is 24.8 Å². The maximum Gasteiger partial charge on any atom is 0.303 e. The second-order valence-corrected chi connectivity index (χ2v) is 3.66. The van der Waals surface area contributed by atoms with Crippen molar-refractivity contribution < 1.29 is 14.7 Å². The van der Waals surface area contributed by atoms with Gasteiger partial charge in [-0.05, 0) is 25.5 Å². The molecule has 0 saturated carbocycles. The van der Waals surface area contributed by atoms with Crippen LogP contribution in [0.4, 0.5) is 5.69 Å². The fourth-order valence-corrected chi connectivity index (χ4v) is 1.26. The molecule has 0 aliphatic carbocycles. The molecule has 0 bridgehead atoms. The van der Waals surface area contributed by atoms with Crippen LogP contribution in [0.15, 0.2) is 24.3 Å². The monoisotopic (exact) mass is 221 g/mol. The average molecular weight is 221 g/mol. The zero-order chi connectivity index (χ0) is 12.0. The van der Waals surface area contributed by atoms with Gasteiger partial charge in [-0.3, -0.25) is 9.59 Å². The third-order valence-electron chi connectivity index (χ3n) is 2.13. The molecule has 0 saturated heterocycles. The summed E-state index contributed by atoms with van der Waals surface area (Å²) in [7, 11) is 0. The first-order valence-corrected chi connectivity index (χ1v) is 5.16. The number of carboxylic acid groups (broad SMARTS) is 1. The van der Waals surface area contributed by atoms with Crippen LogP contribution in [-0.4, -0.2) is 17.0 Å². The molecular formula is C12H15NO3. The Bertz CT molecular complexity index is 370. The van der Waals surface area contributed by atoms with Gasteiger partial charge in [0.15, 0.2) is 0 Å². The van der Waals surface area contributed by atoms with E-state index in [1.54, 1.807) is 0 Å². The van der Waals surface area contributed by atoms with E-state index in [1.165, 1.54) is 0 Å². The number of amides is 1. The molecule has 0 heterocycles. The minimum absolute atomic E-state index is 0.0291. The van der Waals surface area contributed by atoms with Crippen LogP contribution < -0.4 is 5.32 Å². The topological polar surface area (TPSA) is 66.4 Å². The molecule has 0 spiro atoms. The second-order valence-electron chi connectivity index (χ2n) is 3.66. The number of aryl methyl sites for hydroxylation is 1. The van der Waals surface area contributed by atoms with Crippen molar-refractivity contribution >= 4 is 17.6 Å². The normalized spacial score (nSPS) is 9.81. The quantitative estimate of drug-likeness (QED) is 0.800. The molecule has 16 heavy (non-hydrogen) atoms. The molecule has 2 N–H and O–H groups in total. The highest BCUT2D eigenvalue weighted by atomic mass is 16.4. The van der Waals surface area contributed by atoms with Gasteiger partial charge < -0.3 is 10.4 Å². The van der Waals surface area contributed by atoms with Gasteiger partial charge >= 0.3 is 5.97 Å². The predicted molar refractivity (Wildman–Crippen MR) is 61.3 cm³/mol. The summed E-state index contributed by atoms with van der Waals surface area (Å²) in [5, 5.41) is 11.1. The van der Waals surface area contributed by atoms with E-state index in [9.17, 15) is 9.59 Å². The zero-order valence-electron chi connectivity index (χ0n) is 9.19. The highest BCUT2D eigenvalue weighted by Gasteiger charge is 2.04. The molecule has 1 aromatic carbocycles. The summed E-state index contributed by atoms with van der Waals surface area (Å²) in [6, 6.07) is 7.47. The van der Waals surface area contributed by atoms with Crippen molar-refractivity contribution in [3.8, 4) is 0 Å². The fraction of sp³-hybridized carbons (Fsp3) is 0.333. The summed E-state index contributed by atoms with van der Waals surface area (Å²) in [5.74, 6) is -1.02. The maximum atomic E-state index is 11.4. The molecule has 0 aliphatic rings. The summed E-state index contributed by atoms with van der Waals surface area (Å²) >= 11 is 0. The van der Waals surface area contributed by atoms with E-state index in [4.69, 9.17) is 5.11 Å². The number of carbonyl (C=O) groups is 2. The molecule has 4 nitrogen and oxygen atoms in total. The van der Waals surface area contributed by atoms with Crippen LogP contribution in [0.3, 0.4) is 0 Å². The first-order valence-electron chi connectivity index (χ1n) is 5.16. The van der Waals surface area contributed by atoms with E-state index < -0.39 is 5.97 Å². The Balaban J connectivity index is 2.34. The maximum absolute atomic E-state index is 11.4. The Kier molecular flexibility index (Phi) is 4.51. The molecule has 1 aromatic rings. The molecule has 0 aromatic heterocycles. The van der Waals surface area contributed by atoms with Crippen molar-refractivity contribution in [2.45, 2.75) is 26.2 Å². The Hall–Kier alpha value is -1.84. The summed E-state index contributed by atoms with van der Waals surface area (Å²) < 4.78 is 0. The summed E-state index contributed by atoms with van der Waals surface area (Å²) in [4.78, 5) is 21.6. The predicted octanol–water partition coefficient (Wildman–Crippen LogP) is 2.19. The molecule has 0 radical (unpaired) electrons. The Labute approximate surface area is 94.3 Å². The number of hydrogen-bond donors (Lipinski definition) is 2. The molecule has 1 amide bonds. The van der Waals surface area contributed by atoms with E-state index in [1.807, 2.05) is 31.2 Å². The number of hydrogen-bond acceptors (Lipinski definition) is 2. The Morgan fingerprint density at radius 1 is 1.19 bits per heavy atom. The van der Waals surface area contributed by atoms with Gasteiger partial charge in [-0.15, -0.1) is 0 Å². The van der Waals surface area contributed by atoms with Crippen molar-refractivity contribution in [2.75, 3.05) is 5.32 Å². The zero-order valence-corrected chi connectivity index (χ0v) is 9.19. The number of carboxylic acids is 1. The highest BCUT2D eigenvalue weighted by molar-refractivity contribution is 5.90. The lowest BCUT2D eigenvalue weighted by molar-refractivity contribution is -0.137. The van der Waals surface area contributed by atoms with Gasteiger partial charge in [0, 0.05) is 18.5 Å². The third kappa shape index (κ3) is 4.59. The Morgan fingerprint density at radius 3 is 2.38 bits per heavy atom. The Morgan fingerprint density at radius 2 is 1.81 bits per heavy atom. The molecule has 1 rings (SSSR count). The summed E-state index contributed by atoms with van der Waals surface area (Å²) in [5.41, 5.74) is 1.87. The average Bonchev–Trinajstić information content (AvgIpc) is 2.21. The number of aliphatic carboxylic acids is 1. The van der Waals surface area contributed by atoms with Crippen LogP contribution in [-0.2, 0) is 9.59 Å². The second kappa shape index (κ2) is 5.90. The van der Waals surface area contributed by atoms with Gasteiger partial charge in [0.05, 0.1) is 0 Å². The number of benzene rings is 1. The van der Waals surface area contributed by atoms with Gasteiger partial charge in [-0.1, -0.05) is 17.7 Å². The summed E-state index contributed by atoms with van der Waals surface area (Å²) in [6.45, 7) is 1.97. The van der Waals surface area contributed by atoms with Crippen LogP contribution >= 0.6 is 0 Å². The lowest BCUT2D eigenvalue weighted by Crippen LogP contribution is -2.11. The van der Waals surface area contributed by atoms with Crippen molar-refractivity contribution in [1.82, 2.24) is 0 Å². The van der Waals surface area contributed by atoms with E-state index in [-0.39, 0.29) is 18.7 Å². The standard InChI is InChI=1S/C12H15NO3/c1-9-5-7-10(8-6-9)13-11(14)3-2-4-12(15)16/h5-8H,2-4H2,1H3,(H,13,14)(H,15,16). The van der Waals surface area contributed by atoms with E-state index in [2.05, 4.69) is 5.32 Å². The van der Waals surface area contributed by atoms with Crippen LogP contribution in [0.25, 0.3) is 0 Å². The largest absolute Gasteiger partial charge is 0.481 e. The van der Waals surface area contributed by atoms with Gasteiger partial charge in [0.1, 0.15) is 0 Å². The molecule has 0 fully saturated rings. The minimum atomic E-state index is -0.872. The van der Waals surface area contributed by atoms with Gasteiger partial charge in [-0.2, -0.15) is 0 Å². The van der Waals surface area contributed by atoms with Crippen molar-refractivity contribution in [3.63, 3.8) is 0 Å². The van der Waals surface area contributed by atoms with Crippen LogP contribution in [0, 0.1) is 6.92 Å². The lowest BCUT2D eigenvalue weighted by atomic mass is 10.2. The number of rotatable bonds is 5. The van der Waals surface area contributed by atoms with Gasteiger partial charge in [0.25, 0.3) is 0 Å². The molecule has 0 unspecified atom stereocenters. The van der Waals surface area contributed by atoms with Crippen LogP contribution in [0.5, 0.6) is 0 Å². The van der Waals surface area contributed by atoms with Gasteiger partial charge in [-0.25, -0.2) is 0 Å². The number of anilines is 1. The van der Waals surface area contributed by atoms with Crippen molar-refractivity contribution in [2.24, 2.45) is 0 Å². The first kappa shape index (κ1) is 12.2. The molecule has 0 atom stereocenters. The van der Waals surface area contributed by atoms with Crippen molar-refractivity contribution in [3.05, 3.63) is 29.8 Å².